The molecular weight excluding hydrogens is 392 g/mol. The number of hydrogen-bond acceptors (Lipinski definition) is 4. The second-order valence-corrected chi connectivity index (χ2v) is 11.7. The summed E-state index contributed by atoms with van der Waals surface area (Å²) in [5.74, 6) is 1.87. The fraction of sp³-hybridized carbons (Fsp3) is 0.962. The fourth-order valence-corrected chi connectivity index (χ4v) is 7.99. The third-order valence-electron chi connectivity index (χ3n) is 10.5. The van der Waals surface area contributed by atoms with Crippen molar-refractivity contribution in [1.29, 1.82) is 0 Å². The Morgan fingerprint density at radius 1 is 1.16 bits per heavy atom. The van der Waals surface area contributed by atoms with Gasteiger partial charge in [0.25, 0.3) is 0 Å². The molecule has 0 aromatic carbocycles. The van der Waals surface area contributed by atoms with E-state index in [-0.39, 0.29) is 36.1 Å². The zero-order chi connectivity index (χ0) is 23.0. The molecule has 0 aromatic heterocycles. The number of carboxylic acids is 1. The van der Waals surface area contributed by atoms with Gasteiger partial charge in [-0.25, -0.2) is 0 Å². The lowest BCUT2D eigenvalue weighted by molar-refractivity contribution is -0.185. The number of rotatable bonds is 8. The third-order valence-corrected chi connectivity index (χ3v) is 10.5. The molecule has 3 rings (SSSR count). The first-order valence-corrected chi connectivity index (χ1v) is 12.7. The second-order valence-electron chi connectivity index (χ2n) is 11.7. The van der Waals surface area contributed by atoms with Crippen LogP contribution in [0.25, 0.3) is 0 Å². The SMILES string of the molecule is CC1C2C(O)CC3CC(OCCO)CCC3(C)C2CCC1(C)C(C)[C@H](C)CCC(=O)O. The van der Waals surface area contributed by atoms with Gasteiger partial charge in [-0.15, -0.1) is 0 Å². The number of aliphatic carboxylic acids is 1. The molecular formula is C26H46O5. The first-order valence-electron chi connectivity index (χ1n) is 12.7. The van der Waals surface area contributed by atoms with Crippen molar-refractivity contribution in [2.24, 2.45) is 46.3 Å². The van der Waals surface area contributed by atoms with Crippen LogP contribution in [0.2, 0.25) is 0 Å². The van der Waals surface area contributed by atoms with Crippen LogP contribution < -0.4 is 0 Å². The highest BCUT2D eigenvalue weighted by atomic mass is 16.5. The van der Waals surface area contributed by atoms with Crippen molar-refractivity contribution in [3.63, 3.8) is 0 Å². The fourth-order valence-electron chi connectivity index (χ4n) is 7.99. The van der Waals surface area contributed by atoms with E-state index in [0.29, 0.717) is 42.1 Å². The van der Waals surface area contributed by atoms with Crippen molar-refractivity contribution in [2.45, 2.75) is 98.2 Å². The summed E-state index contributed by atoms with van der Waals surface area (Å²) in [6, 6.07) is 0. The largest absolute Gasteiger partial charge is 0.481 e. The van der Waals surface area contributed by atoms with Crippen molar-refractivity contribution < 1.29 is 24.9 Å². The summed E-state index contributed by atoms with van der Waals surface area (Å²) in [5.41, 5.74) is 0.390. The summed E-state index contributed by atoms with van der Waals surface area (Å²) in [6.45, 7) is 12.2. The van der Waals surface area contributed by atoms with Crippen LogP contribution in [0.3, 0.4) is 0 Å². The van der Waals surface area contributed by atoms with Crippen molar-refractivity contribution in [2.75, 3.05) is 13.2 Å². The summed E-state index contributed by atoms with van der Waals surface area (Å²) in [6.07, 6.45) is 7.31. The first-order chi connectivity index (χ1) is 14.5. The van der Waals surface area contributed by atoms with Crippen LogP contribution in [0.15, 0.2) is 0 Å². The maximum atomic E-state index is 11.4. The van der Waals surface area contributed by atoms with Crippen LogP contribution in [0.4, 0.5) is 0 Å². The summed E-state index contributed by atoms with van der Waals surface area (Å²) in [4.78, 5) is 11.1. The Labute approximate surface area is 189 Å². The van der Waals surface area contributed by atoms with Crippen LogP contribution in [0, 0.1) is 46.3 Å². The number of ether oxygens (including phenoxy) is 1. The molecule has 0 saturated heterocycles. The molecule has 3 fully saturated rings. The molecule has 5 nitrogen and oxygen atoms in total. The van der Waals surface area contributed by atoms with Gasteiger partial charge in [-0.05, 0) is 91.3 Å². The highest BCUT2D eigenvalue weighted by molar-refractivity contribution is 5.66. The van der Waals surface area contributed by atoms with Gasteiger partial charge < -0.3 is 20.1 Å². The van der Waals surface area contributed by atoms with Crippen LogP contribution in [0.1, 0.15) is 86.0 Å². The van der Waals surface area contributed by atoms with Gasteiger partial charge >= 0.3 is 5.97 Å². The first kappa shape index (κ1) is 25.0. The van der Waals surface area contributed by atoms with E-state index in [0.717, 1.165) is 44.9 Å². The minimum atomic E-state index is -0.707. The predicted molar refractivity (Wildman–Crippen MR) is 122 cm³/mol. The number of hydrogen-bond donors (Lipinski definition) is 3. The molecule has 0 spiro atoms. The lowest BCUT2D eigenvalue weighted by Gasteiger charge is -2.63. The molecule has 0 aliphatic heterocycles. The van der Waals surface area contributed by atoms with Crippen LogP contribution in [-0.4, -0.2) is 46.7 Å². The van der Waals surface area contributed by atoms with Gasteiger partial charge in [-0.2, -0.15) is 0 Å². The van der Waals surface area contributed by atoms with Crippen molar-refractivity contribution in [3.05, 3.63) is 0 Å². The summed E-state index contributed by atoms with van der Waals surface area (Å²) >= 11 is 0. The average molecular weight is 439 g/mol. The predicted octanol–water partition coefficient (Wildman–Crippen LogP) is 4.74. The maximum Gasteiger partial charge on any atom is 0.303 e. The van der Waals surface area contributed by atoms with E-state index in [1.165, 1.54) is 0 Å². The number of carboxylic acid groups (broad SMARTS) is 1. The van der Waals surface area contributed by atoms with Gasteiger partial charge in [0, 0.05) is 6.42 Å². The lowest BCUT2D eigenvalue weighted by Crippen LogP contribution is -2.59. The Bertz CT molecular complexity index is 623. The van der Waals surface area contributed by atoms with Crippen LogP contribution in [0.5, 0.6) is 0 Å². The van der Waals surface area contributed by atoms with Gasteiger partial charge in [0.15, 0.2) is 0 Å². The second kappa shape index (κ2) is 9.69. The Morgan fingerprint density at radius 3 is 2.52 bits per heavy atom. The number of aliphatic hydroxyl groups excluding tert-OH is 2. The maximum absolute atomic E-state index is 11.4. The minimum absolute atomic E-state index is 0.0743. The highest BCUT2D eigenvalue weighted by Crippen LogP contribution is 2.64. The van der Waals surface area contributed by atoms with Gasteiger partial charge in [0.05, 0.1) is 25.4 Å². The number of carbonyl (C=O) groups is 1. The van der Waals surface area contributed by atoms with E-state index < -0.39 is 5.97 Å². The zero-order valence-electron chi connectivity index (χ0n) is 20.3. The topological polar surface area (TPSA) is 87.0 Å². The smallest absolute Gasteiger partial charge is 0.303 e. The molecule has 5 heteroatoms. The molecule has 9 unspecified atom stereocenters. The summed E-state index contributed by atoms with van der Waals surface area (Å²) in [5, 5.41) is 29.6. The molecule has 3 saturated carbocycles. The van der Waals surface area contributed by atoms with Crippen LogP contribution in [-0.2, 0) is 9.53 Å². The Hall–Kier alpha value is -0.650. The van der Waals surface area contributed by atoms with Crippen molar-refractivity contribution in [3.8, 4) is 0 Å². The molecule has 0 aromatic rings. The molecule has 0 heterocycles. The van der Waals surface area contributed by atoms with E-state index in [1.807, 2.05) is 0 Å². The lowest BCUT2D eigenvalue weighted by atomic mass is 9.42. The summed E-state index contributed by atoms with van der Waals surface area (Å²) < 4.78 is 5.88. The van der Waals surface area contributed by atoms with Gasteiger partial charge in [-0.1, -0.05) is 34.6 Å². The van der Waals surface area contributed by atoms with E-state index in [4.69, 9.17) is 14.9 Å². The van der Waals surface area contributed by atoms with Gasteiger partial charge in [-0.3, -0.25) is 4.79 Å². The van der Waals surface area contributed by atoms with Crippen molar-refractivity contribution in [1.82, 2.24) is 0 Å². The van der Waals surface area contributed by atoms with E-state index in [2.05, 4.69) is 34.6 Å². The van der Waals surface area contributed by atoms with E-state index in [1.54, 1.807) is 0 Å². The molecule has 0 bridgehead atoms. The summed E-state index contributed by atoms with van der Waals surface area (Å²) in [7, 11) is 0. The number of aliphatic hydroxyl groups is 2. The Morgan fingerprint density at radius 2 is 1.87 bits per heavy atom. The van der Waals surface area contributed by atoms with E-state index in [9.17, 15) is 9.90 Å². The number of fused-ring (bicyclic) bond motifs is 3. The molecule has 0 radical (unpaired) electrons. The normalized spacial score (nSPS) is 44.7. The molecule has 180 valence electrons. The molecule has 10 atom stereocenters. The quantitative estimate of drug-likeness (QED) is 0.509. The van der Waals surface area contributed by atoms with Gasteiger partial charge in [0.1, 0.15) is 0 Å². The molecule has 0 amide bonds. The minimum Gasteiger partial charge on any atom is -0.481 e. The van der Waals surface area contributed by atoms with Crippen molar-refractivity contribution >= 4 is 5.97 Å². The average Bonchev–Trinajstić information content (AvgIpc) is 2.73. The Kier molecular flexibility index (Phi) is 7.81. The van der Waals surface area contributed by atoms with Gasteiger partial charge in [0.2, 0.25) is 0 Å². The standard InChI is InChI=1S/C26H46O5/c1-16(6-7-23(29)30)17(2)25(4)11-9-21-24(18(25)3)22(28)15-19-14-20(31-13-12-27)8-10-26(19,21)5/h16-22,24,27-28H,6-15H2,1-5H3,(H,29,30)/t16-,17?,18?,19?,20?,21?,22?,24?,25?,26?/m1/s1. The highest BCUT2D eigenvalue weighted by Gasteiger charge is 2.59. The Balaban J connectivity index is 1.75. The van der Waals surface area contributed by atoms with E-state index >= 15 is 0 Å². The molecule has 31 heavy (non-hydrogen) atoms. The molecule has 3 N–H and O–H groups in total. The van der Waals surface area contributed by atoms with Crippen LogP contribution >= 0.6 is 0 Å². The molecule has 3 aliphatic carbocycles. The molecule has 3 aliphatic rings. The zero-order valence-corrected chi connectivity index (χ0v) is 20.3. The third kappa shape index (κ3) is 4.70. The monoisotopic (exact) mass is 438 g/mol.